The van der Waals surface area contributed by atoms with E-state index in [2.05, 4.69) is 0 Å². The Bertz CT molecular complexity index is 105. The van der Waals surface area contributed by atoms with Gasteiger partial charge in [0.05, 0.1) is 0 Å². The van der Waals surface area contributed by atoms with Gasteiger partial charge in [-0.2, -0.15) is 0 Å². The molecule has 10 heavy (non-hydrogen) atoms. The molecule has 0 aromatic carbocycles. The summed E-state index contributed by atoms with van der Waals surface area (Å²) in [5, 5.41) is 0. The Labute approximate surface area is 61.6 Å². The molecule has 64 valence electrons. The molecule has 0 fully saturated rings. The number of halogens is 2. The molecule has 0 heterocycles. The second-order valence-corrected chi connectivity index (χ2v) is 6.92. The molecule has 0 spiro atoms. The van der Waals surface area contributed by atoms with Crippen molar-refractivity contribution in [1.29, 1.82) is 0 Å². The molecule has 0 saturated heterocycles. The molecule has 0 saturated carbocycles. The second kappa shape index (κ2) is 2.71. The third-order valence-corrected chi connectivity index (χ3v) is 3.63. The fraction of sp³-hybridized carbons (Fsp3) is 1.00. The summed E-state index contributed by atoms with van der Waals surface area (Å²) in [7, 11) is -4.41. The molecule has 0 bridgehead atoms. The molecule has 1 nitrogen and oxygen atoms in total. The zero-order chi connectivity index (χ0) is 8.44. The summed E-state index contributed by atoms with van der Waals surface area (Å²) < 4.78 is 27.5. The minimum absolute atomic E-state index is 0.439. The minimum atomic E-state index is -4.41. The van der Waals surface area contributed by atoms with Gasteiger partial charge in [-0.3, -0.25) is 0 Å². The average molecular weight is 171 g/mol. The Balaban J connectivity index is 4.28. The number of nitrogens with zero attached hydrogens (tertiary/aromatic N) is 1. The fourth-order valence-electron chi connectivity index (χ4n) is 1.00. The predicted molar refractivity (Wildman–Crippen MR) is 43.9 cm³/mol. The Morgan fingerprint density at radius 1 is 1.10 bits per heavy atom. The molecule has 0 atom stereocenters. The molecule has 0 aliphatic carbocycles. The first-order valence-electron chi connectivity index (χ1n) is 3.48. The molecule has 0 amide bonds. The van der Waals surface area contributed by atoms with Crippen molar-refractivity contribution in [2.75, 3.05) is 26.4 Å². The van der Waals surface area contributed by atoms with Crippen LogP contribution in [0.5, 0.6) is 0 Å². The van der Waals surface area contributed by atoms with Crippen LogP contribution in [0.25, 0.3) is 0 Å². The standard InChI is InChI=1S/C6H16F2NP/c1-5-9(6-2)10(3,4,7)8/h5-6H2,1-4H3. The van der Waals surface area contributed by atoms with Crippen LogP contribution in [0.4, 0.5) is 8.39 Å². The SMILES string of the molecule is CCN(CC)P(C)(C)(F)F. The van der Waals surface area contributed by atoms with E-state index in [0.717, 1.165) is 13.3 Å². The Kier molecular flexibility index (Phi) is 2.77. The van der Waals surface area contributed by atoms with Crippen LogP contribution in [0.3, 0.4) is 0 Å². The third kappa shape index (κ3) is 2.89. The molecule has 0 rings (SSSR count). The zero-order valence-electron chi connectivity index (χ0n) is 7.06. The van der Waals surface area contributed by atoms with Crippen molar-refractivity contribution in [3.63, 3.8) is 0 Å². The van der Waals surface area contributed by atoms with Gasteiger partial charge in [0, 0.05) is 0 Å². The molecule has 0 aliphatic heterocycles. The fourth-order valence-corrected chi connectivity index (χ4v) is 2.56. The van der Waals surface area contributed by atoms with Crippen molar-refractivity contribution in [2.24, 2.45) is 0 Å². The summed E-state index contributed by atoms with van der Waals surface area (Å²) >= 11 is 0. The van der Waals surface area contributed by atoms with E-state index in [9.17, 15) is 8.39 Å². The van der Waals surface area contributed by atoms with Crippen molar-refractivity contribution in [3.8, 4) is 0 Å². The van der Waals surface area contributed by atoms with E-state index in [1.807, 2.05) is 0 Å². The van der Waals surface area contributed by atoms with Crippen molar-refractivity contribution in [3.05, 3.63) is 0 Å². The Morgan fingerprint density at radius 3 is 1.40 bits per heavy atom. The summed E-state index contributed by atoms with van der Waals surface area (Å²) in [6.45, 7) is 6.54. The van der Waals surface area contributed by atoms with Crippen LogP contribution in [0, 0.1) is 0 Å². The van der Waals surface area contributed by atoms with Crippen LogP contribution in [0.15, 0.2) is 0 Å². The topological polar surface area (TPSA) is 3.24 Å². The quantitative estimate of drug-likeness (QED) is 0.590. The van der Waals surface area contributed by atoms with Crippen molar-refractivity contribution >= 4 is 7.38 Å². The van der Waals surface area contributed by atoms with E-state index in [-0.39, 0.29) is 0 Å². The maximum absolute atomic E-state index is 13.1. The van der Waals surface area contributed by atoms with Gasteiger partial charge < -0.3 is 0 Å². The van der Waals surface area contributed by atoms with Crippen molar-refractivity contribution in [2.45, 2.75) is 13.8 Å². The first-order chi connectivity index (χ1) is 4.28. The summed E-state index contributed by atoms with van der Waals surface area (Å²) in [5.41, 5.74) is 0. The number of rotatable bonds is 3. The van der Waals surface area contributed by atoms with E-state index < -0.39 is 7.38 Å². The van der Waals surface area contributed by atoms with Gasteiger partial charge in [-0.25, -0.2) is 0 Å². The summed E-state index contributed by atoms with van der Waals surface area (Å²) in [6.07, 6.45) is 0. The summed E-state index contributed by atoms with van der Waals surface area (Å²) in [5.74, 6) is 0. The van der Waals surface area contributed by atoms with Gasteiger partial charge in [-0.05, 0) is 0 Å². The molecule has 0 radical (unpaired) electrons. The molecule has 0 aromatic heterocycles. The van der Waals surface area contributed by atoms with Crippen LogP contribution in [0.2, 0.25) is 0 Å². The van der Waals surface area contributed by atoms with E-state index >= 15 is 0 Å². The van der Waals surface area contributed by atoms with Gasteiger partial charge in [0.25, 0.3) is 0 Å². The van der Waals surface area contributed by atoms with Gasteiger partial charge in [-0.15, -0.1) is 0 Å². The van der Waals surface area contributed by atoms with Crippen LogP contribution in [-0.4, -0.2) is 31.1 Å². The summed E-state index contributed by atoms with van der Waals surface area (Å²) in [4.78, 5) is 0. The molecular weight excluding hydrogens is 155 g/mol. The first-order valence-corrected chi connectivity index (χ1v) is 6.34. The van der Waals surface area contributed by atoms with E-state index in [0.29, 0.717) is 13.1 Å². The van der Waals surface area contributed by atoms with Crippen molar-refractivity contribution < 1.29 is 8.39 Å². The van der Waals surface area contributed by atoms with E-state index in [4.69, 9.17) is 0 Å². The van der Waals surface area contributed by atoms with Crippen LogP contribution >= 0.6 is 7.38 Å². The van der Waals surface area contributed by atoms with Crippen LogP contribution in [0.1, 0.15) is 13.8 Å². The Morgan fingerprint density at radius 2 is 1.40 bits per heavy atom. The number of hydrogen-bond donors (Lipinski definition) is 0. The van der Waals surface area contributed by atoms with Crippen LogP contribution in [-0.2, 0) is 0 Å². The molecule has 0 unspecified atom stereocenters. The zero-order valence-corrected chi connectivity index (χ0v) is 7.96. The second-order valence-electron chi connectivity index (χ2n) is 2.88. The van der Waals surface area contributed by atoms with E-state index in [1.165, 1.54) is 4.67 Å². The van der Waals surface area contributed by atoms with E-state index in [1.54, 1.807) is 13.8 Å². The maximum atomic E-state index is 13.1. The summed E-state index contributed by atoms with van der Waals surface area (Å²) in [6, 6.07) is 0. The number of hydrogen-bond acceptors (Lipinski definition) is 1. The predicted octanol–water partition coefficient (Wildman–Crippen LogP) is 2.83. The monoisotopic (exact) mass is 171 g/mol. The van der Waals surface area contributed by atoms with Crippen molar-refractivity contribution in [1.82, 2.24) is 4.67 Å². The third-order valence-electron chi connectivity index (χ3n) is 1.51. The molecule has 0 aromatic rings. The average Bonchev–Trinajstić information content (AvgIpc) is 1.62. The van der Waals surface area contributed by atoms with Gasteiger partial charge >= 0.3 is 60.7 Å². The first kappa shape index (κ1) is 10.2. The van der Waals surface area contributed by atoms with Gasteiger partial charge in [0.1, 0.15) is 0 Å². The molecular formula is C6H16F2NP. The molecule has 4 heteroatoms. The molecule has 0 N–H and O–H groups in total. The van der Waals surface area contributed by atoms with Crippen LogP contribution < -0.4 is 0 Å². The van der Waals surface area contributed by atoms with Gasteiger partial charge in [0.15, 0.2) is 0 Å². The Hall–Kier alpha value is 0.250. The van der Waals surface area contributed by atoms with Gasteiger partial charge in [-0.1, -0.05) is 0 Å². The normalized spacial score (nSPS) is 16.9. The molecule has 0 aliphatic rings. The van der Waals surface area contributed by atoms with Gasteiger partial charge in [0.2, 0.25) is 0 Å².